The van der Waals surface area contributed by atoms with Gasteiger partial charge >= 0.3 is 0 Å². The van der Waals surface area contributed by atoms with Gasteiger partial charge in [0.2, 0.25) is 0 Å². The minimum Gasteiger partial charge on any atom is -0.489 e. The molecule has 0 radical (unpaired) electrons. The van der Waals surface area contributed by atoms with Crippen molar-refractivity contribution in [1.29, 1.82) is 0 Å². The highest BCUT2D eigenvalue weighted by molar-refractivity contribution is 5.76. The van der Waals surface area contributed by atoms with Gasteiger partial charge < -0.3 is 14.4 Å². The molecule has 1 aliphatic rings. The number of rotatable bonds is 7. The van der Waals surface area contributed by atoms with Crippen LogP contribution in [0.15, 0.2) is 42.5 Å². The number of ether oxygens (including phenoxy) is 1. The summed E-state index contributed by atoms with van der Waals surface area (Å²) in [5.41, 5.74) is 2.31. The number of aryl methyl sites for hydroxylation is 1. The van der Waals surface area contributed by atoms with Crippen molar-refractivity contribution in [3.8, 4) is 5.75 Å². The Hall–Kier alpha value is -2.36. The van der Waals surface area contributed by atoms with Gasteiger partial charge in [0, 0.05) is 25.1 Å². The van der Waals surface area contributed by atoms with E-state index in [0.717, 1.165) is 43.2 Å². The summed E-state index contributed by atoms with van der Waals surface area (Å²) >= 11 is 0. The van der Waals surface area contributed by atoms with Crippen molar-refractivity contribution in [3.63, 3.8) is 0 Å². The van der Waals surface area contributed by atoms with Crippen LogP contribution in [0, 0.1) is 0 Å². The smallest absolute Gasteiger partial charge is 0.130 e. The second-order valence-electron chi connectivity index (χ2n) is 7.19. The number of carbonyl (C=O) groups is 1. The minimum absolute atomic E-state index is 0.183. The SMILES string of the molecule is CCc1cccc(N2CCC(Oc3ccc([C@H](C)CC(C)=O)cc3)C2)n1. The molecule has 1 aromatic carbocycles. The van der Waals surface area contributed by atoms with E-state index in [1.54, 1.807) is 6.92 Å². The van der Waals surface area contributed by atoms with Crippen LogP contribution < -0.4 is 9.64 Å². The van der Waals surface area contributed by atoms with Gasteiger partial charge in [-0.05, 0) is 49.1 Å². The van der Waals surface area contributed by atoms with E-state index >= 15 is 0 Å². The highest BCUT2D eigenvalue weighted by Crippen LogP contribution is 2.25. The van der Waals surface area contributed by atoms with Gasteiger partial charge in [0.05, 0.1) is 6.54 Å². The largest absolute Gasteiger partial charge is 0.489 e. The van der Waals surface area contributed by atoms with Crippen LogP contribution in [0.2, 0.25) is 0 Å². The Bertz CT molecular complexity index is 742. The molecule has 0 spiro atoms. The van der Waals surface area contributed by atoms with Crippen LogP contribution in [-0.4, -0.2) is 30.0 Å². The molecule has 4 nitrogen and oxygen atoms in total. The fourth-order valence-corrected chi connectivity index (χ4v) is 3.49. The molecule has 0 bridgehead atoms. The zero-order valence-electron chi connectivity index (χ0n) is 15.9. The molecule has 2 atom stereocenters. The quantitative estimate of drug-likeness (QED) is 0.741. The molecule has 0 amide bonds. The first-order valence-electron chi connectivity index (χ1n) is 9.52. The van der Waals surface area contributed by atoms with Gasteiger partial charge in [-0.2, -0.15) is 0 Å². The molecule has 0 N–H and O–H groups in total. The Morgan fingerprint density at radius 1 is 1.27 bits per heavy atom. The van der Waals surface area contributed by atoms with E-state index in [9.17, 15) is 4.79 Å². The average molecular weight is 352 g/mol. The van der Waals surface area contributed by atoms with Gasteiger partial charge in [0.25, 0.3) is 0 Å². The summed E-state index contributed by atoms with van der Waals surface area (Å²) in [5, 5.41) is 0. The number of carbonyl (C=O) groups excluding carboxylic acids is 1. The lowest BCUT2D eigenvalue weighted by Gasteiger charge is -2.19. The predicted octanol–water partition coefficient (Wildman–Crippen LogP) is 4.38. The third-order valence-electron chi connectivity index (χ3n) is 4.97. The first kappa shape index (κ1) is 18.4. The van der Waals surface area contributed by atoms with Crippen LogP contribution >= 0.6 is 0 Å². The van der Waals surface area contributed by atoms with Crippen molar-refractivity contribution in [2.45, 2.75) is 52.1 Å². The summed E-state index contributed by atoms with van der Waals surface area (Å²) in [4.78, 5) is 18.3. The van der Waals surface area contributed by atoms with Gasteiger partial charge in [-0.15, -0.1) is 0 Å². The zero-order chi connectivity index (χ0) is 18.5. The van der Waals surface area contributed by atoms with Crippen LogP contribution in [0.25, 0.3) is 0 Å². The molecule has 3 rings (SSSR count). The summed E-state index contributed by atoms with van der Waals surface area (Å²) in [6.45, 7) is 7.69. The number of hydrogen-bond acceptors (Lipinski definition) is 4. The highest BCUT2D eigenvalue weighted by atomic mass is 16.5. The van der Waals surface area contributed by atoms with E-state index in [0.29, 0.717) is 6.42 Å². The van der Waals surface area contributed by atoms with Crippen LogP contribution in [0.4, 0.5) is 5.82 Å². The number of nitrogens with zero attached hydrogens (tertiary/aromatic N) is 2. The first-order valence-corrected chi connectivity index (χ1v) is 9.52. The molecular weight excluding hydrogens is 324 g/mol. The van der Waals surface area contributed by atoms with Crippen molar-refractivity contribution in [2.24, 2.45) is 0 Å². The predicted molar refractivity (Wildman–Crippen MR) is 105 cm³/mol. The Kier molecular flexibility index (Phi) is 5.92. The van der Waals surface area contributed by atoms with Gasteiger partial charge in [-0.3, -0.25) is 0 Å². The molecule has 138 valence electrons. The molecule has 1 unspecified atom stereocenters. The van der Waals surface area contributed by atoms with E-state index in [1.807, 2.05) is 12.1 Å². The maximum absolute atomic E-state index is 11.3. The Labute approximate surface area is 156 Å². The van der Waals surface area contributed by atoms with Crippen LogP contribution in [0.1, 0.15) is 50.8 Å². The van der Waals surface area contributed by atoms with E-state index in [1.165, 1.54) is 5.56 Å². The number of hydrogen-bond donors (Lipinski definition) is 0. The molecule has 4 heteroatoms. The Balaban J connectivity index is 1.57. The van der Waals surface area contributed by atoms with E-state index in [-0.39, 0.29) is 17.8 Å². The van der Waals surface area contributed by atoms with Crippen LogP contribution in [-0.2, 0) is 11.2 Å². The van der Waals surface area contributed by atoms with Crippen molar-refractivity contribution in [1.82, 2.24) is 4.98 Å². The van der Waals surface area contributed by atoms with Gasteiger partial charge in [-0.25, -0.2) is 4.98 Å². The molecule has 1 saturated heterocycles. The maximum atomic E-state index is 11.3. The van der Waals surface area contributed by atoms with Crippen molar-refractivity contribution in [2.75, 3.05) is 18.0 Å². The van der Waals surface area contributed by atoms with Crippen molar-refractivity contribution >= 4 is 11.6 Å². The molecule has 1 fully saturated rings. The van der Waals surface area contributed by atoms with Crippen LogP contribution in [0.3, 0.4) is 0 Å². The Morgan fingerprint density at radius 2 is 2.04 bits per heavy atom. The fourth-order valence-electron chi connectivity index (χ4n) is 3.49. The lowest BCUT2D eigenvalue weighted by atomic mass is 9.96. The normalized spacial score (nSPS) is 18.0. The molecule has 2 heterocycles. The summed E-state index contributed by atoms with van der Waals surface area (Å²) in [7, 11) is 0. The molecule has 1 aromatic heterocycles. The fraction of sp³-hybridized carbons (Fsp3) is 0.455. The number of aromatic nitrogens is 1. The third kappa shape index (κ3) is 4.63. The summed E-state index contributed by atoms with van der Waals surface area (Å²) in [6, 6.07) is 14.4. The van der Waals surface area contributed by atoms with Gasteiger partial charge in [-0.1, -0.05) is 32.0 Å². The van der Waals surface area contributed by atoms with E-state index in [4.69, 9.17) is 9.72 Å². The second kappa shape index (κ2) is 8.35. The molecular formula is C22H28N2O2. The third-order valence-corrected chi connectivity index (χ3v) is 4.97. The molecule has 2 aromatic rings. The minimum atomic E-state index is 0.183. The summed E-state index contributed by atoms with van der Waals surface area (Å²) < 4.78 is 6.16. The second-order valence-corrected chi connectivity index (χ2v) is 7.19. The van der Waals surface area contributed by atoms with Gasteiger partial charge in [0.1, 0.15) is 23.5 Å². The molecule has 0 saturated carbocycles. The lowest BCUT2D eigenvalue weighted by Crippen LogP contribution is -2.25. The van der Waals surface area contributed by atoms with Crippen molar-refractivity contribution < 1.29 is 9.53 Å². The van der Waals surface area contributed by atoms with E-state index < -0.39 is 0 Å². The van der Waals surface area contributed by atoms with Gasteiger partial charge in [0.15, 0.2) is 0 Å². The summed E-state index contributed by atoms with van der Waals surface area (Å²) in [5.74, 6) is 2.42. The lowest BCUT2D eigenvalue weighted by molar-refractivity contribution is -0.117. The average Bonchev–Trinajstić information content (AvgIpc) is 3.10. The highest BCUT2D eigenvalue weighted by Gasteiger charge is 2.25. The van der Waals surface area contributed by atoms with Crippen LogP contribution in [0.5, 0.6) is 5.75 Å². The number of Topliss-reactive ketones (excluding diaryl/α,β-unsaturated/α-hetero) is 1. The first-order chi connectivity index (χ1) is 12.5. The number of benzene rings is 1. The monoisotopic (exact) mass is 352 g/mol. The van der Waals surface area contributed by atoms with E-state index in [2.05, 4.69) is 49.1 Å². The van der Waals surface area contributed by atoms with Crippen molar-refractivity contribution in [3.05, 3.63) is 53.7 Å². The topological polar surface area (TPSA) is 42.4 Å². The number of anilines is 1. The maximum Gasteiger partial charge on any atom is 0.130 e. The standard InChI is InChI=1S/C22H28N2O2/c1-4-19-6-5-7-22(23-19)24-13-12-21(15-24)26-20-10-8-18(9-11-20)16(2)14-17(3)25/h5-11,16,21H,4,12-15H2,1-3H3/t16-,21?/m1/s1. The summed E-state index contributed by atoms with van der Waals surface area (Å²) in [6.07, 6.45) is 2.72. The Morgan fingerprint density at radius 3 is 2.73 bits per heavy atom. The molecule has 26 heavy (non-hydrogen) atoms. The molecule has 1 aliphatic heterocycles. The number of pyridine rings is 1. The number of ketones is 1. The zero-order valence-corrected chi connectivity index (χ0v) is 15.9. The molecule has 0 aliphatic carbocycles.